The zero-order valence-electron chi connectivity index (χ0n) is 14.8. The van der Waals surface area contributed by atoms with Gasteiger partial charge in [-0.1, -0.05) is 6.92 Å². The molecule has 1 heterocycles. The number of rotatable bonds is 4. The number of nitrogens with zero attached hydrogens (tertiary/aromatic N) is 1. The molecule has 0 aromatic heterocycles. The summed E-state index contributed by atoms with van der Waals surface area (Å²) in [7, 11) is -8.03. The monoisotopic (exact) mass is 430 g/mol. The Kier molecular flexibility index (Phi) is 4.92. The van der Waals surface area contributed by atoms with Crippen molar-refractivity contribution >= 4 is 37.3 Å². The summed E-state index contributed by atoms with van der Waals surface area (Å²) < 4.78 is 78.8. The van der Waals surface area contributed by atoms with Crippen LogP contribution in [-0.4, -0.2) is 28.5 Å². The maximum atomic E-state index is 13.3. The fraction of sp³-hybridized carbons (Fsp3) is 0.235. The van der Waals surface area contributed by atoms with Gasteiger partial charge in [0.2, 0.25) is 15.9 Å². The molecule has 3 rings (SSSR count). The highest BCUT2D eigenvalue weighted by molar-refractivity contribution is 7.94. The van der Waals surface area contributed by atoms with E-state index in [1.807, 2.05) is 0 Å². The Morgan fingerprint density at radius 2 is 1.71 bits per heavy atom. The van der Waals surface area contributed by atoms with Crippen molar-refractivity contribution < 1.29 is 30.4 Å². The lowest BCUT2D eigenvalue weighted by Crippen LogP contribution is -2.30. The van der Waals surface area contributed by atoms with Gasteiger partial charge in [-0.25, -0.2) is 29.9 Å². The normalized spacial score (nSPS) is 19.1. The van der Waals surface area contributed by atoms with Gasteiger partial charge in [0.15, 0.2) is 0 Å². The maximum Gasteiger partial charge on any atom is 0.262 e. The first kappa shape index (κ1) is 20.2. The molecule has 1 aliphatic rings. The van der Waals surface area contributed by atoms with Crippen molar-refractivity contribution in [2.75, 3.05) is 14.8 Å². The van der Waals surface area contributed by atoms with E-state index in [-0.39, 0.29) is 27.6 Å². The minimum absolute atomic E-state index is 0.0302. The van der Waals surface area contributed by atoms with E-state index >= 15 is 0 Å². The highest BCUT2D eigenvalue weighted by Gasteiger charge is 2.42. The molecule has 1 unspecified atom stereocenters. The molecule has 2 aromatic carbocycles. The molecule has 0 radical (unpaired) electrons. The summed E-state index contributed by atoms with van der Waals surface area (Å²) in [6.45, 7) is 2.91. The van der Waals surface area contributed by atoms with Crippen molar-refractivity contribution in [3.8, 4) is 0 Å². The molecular weight excluding hydrogens is 414 g/mol. The van der Waals surface area contributed by atoms with Crippen molar-refractivity contribution in [1.29, 1.82) is 0 Å². The number of hydrogen-bond acceptors (Lipinski definition) is 5. The number of anilines is 2. The van der Waals surface area contributed by atoms with Crippen molar-refractivity contribution in [2.24, 2.45) is 5.92 Å². The van der Waals surface area contributed by atoms with Crippen molar-refractivity contribution in [3.63, 3.8) is 0 Å². The van der Waals surface area contributed by atoms with E-state index in [1.54, 1.807) is 0 Å². The Labute approximate surface area is 161 Å². The van der Waals surface area contributed by atoms with Gasteiger partial charge in [-0.2, -0.15) is 0 Å². The lowest BCUT2D eigenvalue weighted by atomic mass is 10.2. The smallest absolute Gasteiger partial charge is 0.262 e. The van der Waals surface area contributed by atoms with E-state index in [2.05, 4.69) is 4.72 Å². The Bertz CT molecular complexity index is 1160. The minimum Gasteiger partial charge on any atom is -0.279 e. The second kappa shape index (κ2) is 6.82. The topological polar surface area (TPSA) is 101 Å². The largest absolute Gasteiger partial charge is 0.279 e. The number of carbonyl (C=O) groups excluding carboxylic acids is 1. The van der Waals surface area contributed by atoms with Gasteiger partial charge < -0.3 is 0 Å². The predicted octanol–water partition coefficient (Wildman–Crippen LogP) is 2.39. The van der Waals surface area contributed by atoms with Crippen LogP contribution >= 0.6 is 0 Å². The third-order valence-corrected chi connectivity index (χ3v) is 7.57. The van der Waals surface area contributed by atoms with E-state index in [9.17, 15) is 30.4 Å². The van der Waals surface area contributed by atoms with Gasteiger partial charge in [-0.15, -0.1) is 0 Å². The molecular formula is C17H16F2N2O5S2. The predicted molar refractivity (Wildman–Crippen MR) is 98.8 cm³/mol. The van der Waals surface area contributed by atoms with Crippen LogP contribution in [0.2, 0.25) is 0 Å². The number of hydrogen-bond donors (Lipinski definition) is 1. The highest BCUT2D eigenvalue weighted by atomic mass is 32.2. The number of halogens is 2. The Morgan fingerprint density at radius 3 is 2.21 bits per heavy atom. The van der Waals surface area contributed by atoms with Crippen LogP contribution in [0, 0.1) is 24.5 Å². The second-order valence-corrected chi connectivity index (χ2v) is 10.0. The van der Waals surface area contributed by atoms with Crippen LogP contribution in [0.1, 0.15) is 12.5 Å². The zero-order chi connectivity index (χ0) is 20.9. The molecule has 1 saturated heterocycles. The lowest BCUT2D eigenvalue weighted by molar-refractivity contribution is -0.119. The number of amides is 1. The first-order valence-corrected chi connectivity index (χ1v) is 11.2. The Morgan fingerprint density at radius 1 is 1.11 bits per heavy atom. The summed E-state index contributed by atoms with van der Waals surface area (Å²) in [5.74, 6) is -3.51. The zero-order valence-corrected chi connectivity index (χ0v) is 16.4. The first-order valence-electron chi connectivity index (χ1n) is 8.07. The van der Waals surface area contributed by atoms with Crippen LogP contribution in [0.15, 0.2) is 41.3 Å². The molecule has 2 aromatic rings. The fourth-order valence-electron chi connectivity index (χ4n) is 2.97. The molecule has 0 bridgehead atoms. The summed E-state index contributed by atoms with van der Waals surface area (Å²) in [5, 5.41) is 0. The number of nitrogens with one attached hydrogen (secondary N) is 1. The SMILES string of the molecule is Cc1cc(N2C(=O)C(C)CS2(=O)=O)ccc1S(=O)(=O)Nc1cc(F)cc(F)c1. The van der Waals surface area contributed by atoms with Crippen LogP contribution in [0.3, 0.4) is 0 Å². The van der Waals surface area contributed by atoms with E-state index < -0.39 is 43.5 Å². The number of benzene rings is 2. The van der Waals surface area contributed by atoms with Gasteiger partial charge >= 0.3 is 0 Å². The van der Waals surface area contributed by atoms with Crippen LogP contribution in [0.5, 0.6) is 0 Å². The quantitative estimate of drug-likeness (QED) is 0.803. The number of sulfonamides is 2. The third kappa shape index (κ3) is 3.72. The van der Waals surface area contributed by atoms with E-state index in [4.69, 9.17) is 0 Å². The van der Waals surface area contributed by atoms with Crippen LogP contribution in [0.4, 0.5) is 20.2 Å². The molecule has 150 valence electrons. The van der Waals surface area contributed by atoms with Crippen LogP contribution in [0.25, 0.3) is 0 Å². The Hall–Kier alpha value is -2.53. The molecule has 1 fully saturated rings. The van der Waals surface area contributed by atoms with Crippen molar-refractivity contribution in [2.45, 2.75) is 18.7 Å². The molecule has 0 aliphatic carbocycles. The average Bonchev–Trinajstić information content (AvgIpc) is 2.72. The number of aryl methyl sites for hydroxylation is 1. The summed E-state index contributed by atoms with van der Waals surface area (Å²) in [4.78, 5) is 11.9. The second-order valence-electron chi connectivity index (χ2n) is 6.50. The molecule has 1 amide bonds. The summed E-state index contributed by atoms with van der Waals surface area (Å²) >= 11 is 0. The van der Waals surface area contributed by atoms with Crippen molar-refractivity contribution in [1.82, 2.24) is 0 Å². The van der Waals surface area contributed by atoms with Gasteiger partial charge in [-0.3, -0.25) is 9.52 Å². The van der Waals surface area contributed by atoms with Crippen LogP contribution in [-0.2, 0) is 24.8 Å². The van der Waals surface area contributed by atoms with Gasteiger partial charge in [0.05, 0.1) is 27.9 Å². The minimum atomic E-state index is -4.21. The maximum absolute atomic E-state index is 13.3. The van der Waals surface area contributed by atoms with Crippen molar-refractivity contribution in [3.05, 3.63) is 53.6 Å². The molecule has 28 heavy (non-hydrogen) atoms. The third-order valence-electron chi connectivity index (χ3n) is 4.16. The van der Waals surface area contributed by atoms with Crippen LogP contribution < -0.4 is 9.03 Å². The molecule has 11 heteroatoms. The van der Waals surface area contributed by atoms with E-state index in [0.29, 0.717) is 10.4 Å². The standard InChI is InChI=1S/C17H16F2N2O5S2/c1-10-5-15(21-17(22)11(2)9-27(21,23)24)3-4-16(10)28(25,26)20-14-7-12(18)6-13(19)8-14/h3-8,11,20H,9H2,1-2H3. The molecule has 7 nitrogen and oxygen atoms in total. The van der Waals surface area contributed by atoms with Gasteiger partial charge in [0, 0.05) is 6.07 Å². The van der Waals surface area contributed by atoms with Gasteiger partial charge in [-0.05, 0) is 42.8 Å². The Balaban J connectivity index is 1.97. The summed E-state index contributed by atoms with van der Waals surface area (Å²) in [5.41, 5.74) is -0.112. The van der Waals surface area contributed by atoms with Gasteiger partial charge in [0.1, 0.15) is 11.6 Å². The molecule has 0 saturated carbocycles. The molecule has 0 spiro atoms. The first-order chi connectivity index (χ1) is 12.9. The highest BCUT2D eigenvalue weighted by Crippen LogP contribution is 2.31. The molecule has 1 atom stereocenters. The van der Waals surface area contributed by atoms with Gasteiger partial charge in [0.25, 0.3) is 10.0 Å². The number of carbonyl (C=O) groups is 1. The fourth-order valence-corrected chi connectivity index (χ4v) is 6.05. The lowest BCUT2D eigenvalue weighted by Gasteiger charge is -2.17. The van der Waals surface area contributed by atoms with E-state index in [1.165, 1.54) is 26.0 Å². The summed E-state index contributed by atoms with van der Waals surface area (Å²) in [6, 6.07) is 5.83. The van der Waals surface area contributed by atoms with E-state index in [0.717, 1.165) is 18.2 Å². The molecule has 1 aliphatic heterocycles. The summed E-state index contributed by atoms with van der Waals surface area (Å²) in [6.07, 6.45) is 0. The molecule has 1 N–H and O–H groups in total. The average molecular weight is 430 g/mol.